The van der Waals surface area contributed by atoms with Crippen LogP contribution in [0.25, 0.3) is 0 Å². The lowest BCUT2D eigenvalue weighted by molar-refractivity contribution is -0.150. The van der Waals surface area contributed by atoms with Crippen LogP contribution in [0.3, 0.4) is 0 Å². The second-order valence-corrected chi connectivity index (χ2v) is 14.1. The first-order chi connectivity index (χ1) is 15.2. The summed E-state index contributed by atoms with van der Waals surface area (Å²) in [5, 5.41) is 15.3. The van der Waals surface area contributed by atoms with Crippen LogP contribution in [0.1, 0.15) is 61.8 Å². The van der Waals surface area contributed by atoms with Crippen molar-refractivity contribution >= 4 is 27.9 Å². The largest absolute Gasteiger partial charge is 0.480 e. The minimum absolute atomic E-state index is 0.0627. The number of carbonyl (C=O) groups is 3. The number of hydrogen-bond acceptors (Lipinski definition) is 5. The lowest BCUT2D eigenvalue weighted by atomic mass is 9.85. The first-order valence-corrected chi connectivity index (χ1v) is 13.5. The van der Waals surface area contributed by atoms with E-state index in [0.717, 1.165) is 6.26 Å². The molecule has 4 atom stereocenters. The Bertz CT molecular complexity index is 860. The van der Waals surface area contributed by atoms with Crippen molar-refractivity contribution in [3.8, 4) is 0 Å². The molecular formula is C23H44N4O6S. The van der Waals surface area contributed by atoms with Gasteiger partial charge in [0.05, 0.1) is 6.26 Å². The van der Waals surface area contributed by atoms with Crippen LogP contribution >= 0.6 is 0 Å². The fourth-order valence-electron chi connectivity index (χ4n) is 3.90. The molecule has 3 amide bonds. The Morgan fingerprint density at radius 3 is 1.97 bits per heavy atom. The first-order valence-electron chi connectivity index (χ1n) is 11.7. The van der Waals surface area contributed by atoms with Crippen LogP contribution in [0, 0.1) is 22.7 Å². The van der Waals surface area contributed by atoms with Gasteiger partial charge in [-0.15, -0.1) is 0 Å². The molecule has 3 N–H and O–H groups in total. The highest BCUT2D eigenvalue weighted by molar-refractivity contribution is 7.88. The number of carboxylic acids is 1. The summed E-state index contributed by atoms with van der Waals surface area (Å²) < 4.78 is 24.9. The van der Waals surface area contributed by atoms with Crippen LogP contribution in [-0.2, 0) is 19.6 Å². The maximum atomic E-state index is 13.5. The van der Waals surface area contributed by atoms with Crippen molar-refractivity contribution in [1.29, 1.82) is 0 Å². The number of amides is 3. The molecule has 0 saturated carbocycles. The third-order valence-electron chi connectivity index (χ3n) is 6.59. The molecule has 1 heterocycles. The van der Waals surface area contributed by atoms with Crippen LogP contribution in [0.2, 0.25) is 0 Å². The molecule has 198 valence electrons. The SMILES string of the molecule is CC(C)C1C[C@@H](C(=O)O)N(C(=O)[C@@H](NC(=O)N[C@H](CN(C)S(C)(=O)=O)C(C)(C)C)C(C)(C)C)C1. The lowest BCUT2D eigenvalue weighted by Gasteiger charge is -2.37. The van der Waals surface area contributed by atoms with E-state index in [1.807, 2.05) is 34.6 Å². The van der Waals surface area contributed by atoms with E-state index >= 15 is 0 Å². The molecule has 1 aliphatic heterocycles. The molecule has 1 unspecified atom stereocenters. The van der Waals surface area contributed by atoms with E-state index in [1.54, 1.807) is 20.8 Å². The molecule has 0 bridgehead atoms. The lowest BCUT2D eigenvalue weighted by Crippen LogP contribution is -2.61. The number of rotatable bonds is 8. The number of carboxylic acid groups (broad SMARTS) is 1. The number of sulfonamides is 1. The second-order valence-electron chi connectivity index (χ2n) is 12.0. The summed E-state index contributed by atoms with van der Waals surface area (Å²) in [5.41, 5.74) is -1.15. The van der Waals surface area contributed by atoms with E-state index in [9.17, 15) is 27.9 Å². The Kier molecular flexibility index (Phi) is 9.58. The number of likely N-dealkylation sites (N-methyl/N-ethyl adjacent to an activating group) is 1. The fraction of sp³-hybridized carbons (Fsp3) is 0.870. The molecule has 10 nitrogen and oxygen atoms in total. The first kappa shape index (κ1) is 30.2. The van der Waals surface area contributed by atoms with Crippen molar-refractivity contribution in [2.24, 2.45) is 22.7 Å². The highest BCUT2D eigenvalue weighted by Gasteiger charge is 2.45. The van der Waals surface area contributed by atoms with Gasteiger partial charge in [-0.25, -0.2) is 22.3 Å². The molecule has 0 aromatic carbocycles. The Hall–Kier alpha value is -1.88. The van der Waals surface area contributed by atoms with Crippen LogP contribution in [0.15, 0.2) is 0 Å². The van der Waals surface area contributed by atoms with Gasteiger partial charge in [-0.2, -0.15) is 0 Å². The molecule has 0 aromatic rings. The summed E-state index contributed by atoms with van der Waals surface area (Å²) in [7, 11) is -2.00. The third kappa shape index (κ3) is 8.11. The molecule has 0 aliphatic carbocycles. The standard InChI is InChI=1S/C23H44N4O6S/c1-14(2)15-11-16(20(29)30)27(12-15)19(28)18(23(6,7)8)25-21(31)24-17(22(3,4)5)13-26(9)34(10,32)33/h14-18H,11-13H2,1-10H3,(H,29,30)(H2,24,25,31)/t15?,16-,17+,18+/m0/s1. The van der Waals surface area contributed by atoms with Gasteiger partial charge in [0.25, 0.3) is 0 Å². The Labute approximate surface area is 204 Å². The van der Waals surface area contributed by atoms with E-state index in [-0.39, 0.29) is 18.4 Å². The zero-order valence-corrected chi connectivity index (χ0v) is 23.1. The second kappa shape index (κ2) is 10.8. The summed E-state index contributed by atoms with van der Waals surface area (Å²) in [6, 6.07) is -3.04. The van der Waals surface area contributed by atoms with Crippen molar-refractivity contribution in [1.82, 2.24) is 19.8 Å². The Balaban J connectivity index is 3.12. The van der Waals surface area contributed by atoms with Crippen molar-refractivity contribution in [2.45, 2.75) is 79.9 Å². The summed E-state index contributed by atoms with van der Waals surface area (Å²) in [4.78, 5) is 39.8. The van der Waals surface area contributed by atoms with E-state index in [0.29, 0.717) is 13.0 Å². The number of hydrogen-bond donors (Lipinski definition) is 3. The number of likely N-dealkylation sites (tertiary alicyclic amines) is 1. The van der Waals surface area contributed by atoms with Gasteiger partial charge in [0.1, 0.15) is 12.1 Å². The number of nitrogens with one attached hydrogen (secondary N) is 2. The van der Waals surface area contributed by atoms with Gasteiger partial charge >= 0.3 is 12.0 Å². The Morgan fingerprint density at radius 1 is 1.06 bits per heavy atom. The molecule has 11 heteroatoms. The molecular weight excluding hydrogens is 460 g/mol. The Morgan fingerprint density at radius 2 is 1.59 bits per heavy atom. The van der Waals surface area contributed by atoms with Crippen molar-refractivity contribution in [2.75, 3.05) is 26.4 Å². The monoisotopic (exact) mass is 504 g/mol. The van der Waals surface area contributed by atoms with Gasteiger partial charge < -0.3 is 20.6 Å². The summed E-state index contributed by atoms with van der Waals surface area (Å²) >= 11 is 0. The van der Waals surface area contributed by atoms with Gasteiger partial charge in [-0.05, 0) is 29.1 Å². The highest BCUT2D eigenvalue weighted by Crippen LogP contribution is 2.32. The number of nitrogens with zero attached hydrogens (tertiary/aromatic N) is 2. The van der Waals surface area contributed by atoms with Crippen molar-refractivity contribution in [3.63, 3.8) is 0 Å². The number of urea groups is 1. The van der Waals surface area contributed by atoms with Gasteiger partial charge in [0.2, 0.25) is 15.9 Å². The predicted molar refractivity (Wildman–Crippen MR) is 132 cm³/mol. The third-order valence-corrected chi connectivity index (χ3v) is 7.87. The van der Waals surface area contributed by atoms with Gasteiger partial charge in [-0.3, -0.25) is 4.79 Å². The number of aliphatic carboxylic acids is 1. The van der Waals surface area contributed by atoms with Crippen LogP contribution < -0.4 is 10.6 Å². The molecule has 0 radical (unpaired) electrons. The van der Waals surface area contributed by atoms with Crippen LogP contribution in [0.5, 0.6) is 0 Å². The van der Waals surface area contributed by atoms with Crippen LogP contribution in [-0.4, -0.2) is 85.2 Å². The maximum absolute atomic E-state index is 13.5. The topological polar surface area (TPSA) is 136 Å². The molecule has 0 aromatic heterocycles. The van der Waals surface area contributed by atoms with Gasteiger partial charge in [0.15, 0.2) is 0 Å². The zero-order chi connectivity index (χ0) is 26.8. The predicted octanol–water partition coefficient (Wildman–Crippen LogP) is 1.96. The molecule has 34 heavy (non-hydrogen) atoms. The zero-order valence-electron chi connectivity index (χ0n) is 22.3. The van der Waals surface area contributed by atoms with E-state index in [4.69, 9.17) is 0 Å². The average Bonchev–Trinajstić information content (AvgIpc) is 3.08. The fourth-order valence-corrected chi connectivity index (χ4v) is 4.32. The maximum Gasteiger partial charge on any atom is 0.326 e. The highest BCUT2D eigenvalue weighted by atomic mass is 32.2. The minimum atomic E-state index is -3.45. The number of carbonyl (C=O) groups excluding carboxylic acids is 2. The molecule has 1 aliphatic rings. The molecule has 1 fully saturated rings. The molecule has 0 spiro atoms. The van der Waals surface area contributed by atoms with E-state index < -0.39 is 56.9 Å². The van der Waals surface area contributed by atoms with Crippen LogP contribution in [0.4, 0.5) is 4.79 Å². The van der Waals surface area contributed by atoms with Crippen molar-refractivity contribution < 1.29 is 27.9 Å². The molecule has 1 saturated heterocycles. The van der Waals surface area contributed by atoms with E-state index in [2.05, 4.69) is 10.6 Å². The molecule has 1 rings (SSSR count). The summed E-state index contributed by atoms with van der Waals surface area (Å²) in [6.07, 6.45) is 1.48. The quantitative estimate of drug-likeness (QED) is 0.462. The minimum Gasteiger partial charge on any atom is -0.480 e. The smallest absolute Gasteiger partial charge is 0.326 e. The summed E-state index contributed by atoms with van der Waals surface area (Å²) in [5.74, 6) is -1.19. The average molecular weight is 505 g/mol. The normalized spacial score (nSPS) is 21.5. The van der Waals surface area contributed by atoms with Gasteiger partial charge in [-0.1, -0.05) is 55.4 Å². The summed E-state index contributed by atoms with van der Waals surface area (Å²) in [6.45, 7) is 15.5. The van der Waals surface area contributed by atoms with E-state index in [1.165, 1.54) is 16.3 Å². The van der Waals surface area contributed by atoms with Crippen molar-refractivity contribution in [3.05, 3.63) is 0 Å². The van der Waals surface area contributed by atoms with Gasteiger partial charge in [0, 0.05) is 26.2 Å².